The first-order valence-corrected chi connectivity index (χ1v) is 43.1. The highest BCUT2D eigenvalue weighted by atomic mass is 16.7. The fourth-order valence-corrected chi connectivity index (χ4v) is 21.0. The topological polar surface area (TPSA) is 286 Å². The Morgan fingerprint density at radius 2 is 0.697 bits per heavy atom. The van der Waals surface area contributed by atoms with Gasteiger partial charge in [-0.15, -0.1) is 0 Å². The Labute approximate surface area is 746 Å². The van der Waals surface area contributed by atoms with E-state index in [2.05, 4.69) is 13.8 Å². The first kappa shape index (κ1) is 123. The van der Waals surface area contributed by atoms with Crippen molar-refractivity contribution >= 4 is 53.7 Å². The van der Waals surface area contributed by atoms with Gasteiger partial charge in [0.25, 0.3) is 0 Å². The predicted molar refractivity (Wildman–Crippen MR) is 493 cm³/mol. The van der Waals surface area contributed by atoms with Crippen LogP contribution in [0.25, 0.3) is 0 Å². The van der Waals surface area contributed by atoms with E-state index in [1.165, 1.54) is 45.6 Å². The van der Waals surface area contributed by atoms with E-state index in [-0.39, 0.29) is 200 Å². The Morgan fingerprint density at radius 1 is 0.385 bits per heavy atom. The lowest BCUT2D eigenvalue weighted by Gasteiger charge is -2.59. The summed E-state index contributed by atoms with van der Waals surface area (Å²) in [5.74, 6) is -0.833. The molecule has 0 radical (unpaired) electrons. The molecule has 16 aliphatic rings. The lowest BCUT2D eigenvalue weighted by atomic mass is 9.52. The van der Waals surface area contributed by atoms with E-state index in [4.69, 9.17) is 47.4 Å². The van der Waals surface area contributed by atoms with E-state index >= 15 is 0 Å². The second kappa shape index (κ2) is 46.9. The third-order valence-corrected chi connectivity index (χ3v) is 29.5. The van der Waals surface area contributed by atoms with Gasteiger partial charge in [0.05, 0.1) is 74.7 Å². The molecule has 0 aromatic rings. The standard InChI is InChI=1S/C16H22O6.2C16H26O3.2C14H26O2.C13H18O5.12CH4/c1-5-16(2,3)15(19)22-12-7-6-8-10(9(7)13(17)20-4)14(18)21-11(8)12;2*1-4-14(2,3)13(17)19-16-8-11-5-12(9-16)7-15(18,6-11)10-16;2*1-5-9-14(10-7-8-11-14)16-12(15)13(3,4)6-2;1-4-13(2,3)12(15)18-9-7-5-6-8(16-7)10(9)17-11(6)14;;;;;;;;;;;;/h7-12H,5-6H2,1-4H3;2*11-12,18H,4-10H2,1-3H3;2*5-11H2,1-4H3;6-10H,4-5H2,1-3H3;12*1H4. The molecule has 4 heterocycles. The molecule has 21 heteroatoms. The monoisotopic (exact) mass is 1740 g/mol. The fraction of sp³-hybridized carbons (Fsp3) is 0.911. The van der Waals surface area contributed by atoms with E-state index in [0.29, 0.717) is 62.2 Å². The molecule has 0 aromatic carbocycles. The van der Waals surface area contributed by atoms with Crippen LogP contribution < -0.4 is 0 Å². The third-order valence-electron chi connectivity index (χ3n) is 29.5. The van der Waals surface area contributed by atoms with Gasteiger partial charge in [-0.2, -0.15) is 0 Å². The molecular formula is C101H192O21. The van der Waals surface area contributed by atoms with Gasteiger partial charge in [0.2, 0.25) is 0 Å². The number of rotatable bonds is 23. The molecule has 21 nitrogen and oxygen atoms in total. The van der Waals surface area contributed by atoms with E-state index in [1.54, 1.807) is 0 Å². The predicted octanol–water partition coefficient (Wildman–Crippen LogP) is 24.3. The molecule has 4 saturated heterocycles. The first-order chi connectivity index (χ1) is 51.2. The molecule has 15 unspecified atom stereocenters. The Balaban J connectivity index is -0.000000674. The number of ether oxygens (including phenoxy) is 10. The number of hydrogen-bond donors (Lipinski definition) is 2. The SMILES string of the molecule is C.C.C.C.C.C.C.C.C.C.C.C.CCC(C)(C)C(=O)OC12CC3CC(CC(O)(C3)C1)C2.CCC(C)(C)C(=O)OC12CC3CC(CC(O)(C3)C1)C2.CCC(C)(C)C(=O)OC1C2CC3C(=O)OC1C3O2.CCC(C)(C)C(=O)OC1C2CC3C1OC(=O)C3C2C(=O)OC.CCCC1(OC(=O)C(C)(C)CC)CCCC1.CCCC1(OC(=O)C(C)(C)CC)CCCC1. The molecule has 722 valence electrons. The maximum absolute atomic E-state index is 12.4. The Bertz CT molecular complexity index is 3140. The molecule has 122 heavy (non-hydrogen) atoms. The van der Waals surface area contributed by atoms with Crippen LogP contribution in [0.3, 0.4) is 0 Å². The fourth-order valence-electron chi connectivity index (χ4n) is 21.0. The quantitative estimate of drug-likeness (QED) is 0.0710. The normalized spacial score (nSPS) is 32.1. The highest BCUT2D eigenvalue weighted by molar-refractivity contribution is 5.87. The zero-order valence-corrected chi connectivity index (χ0v) is 71.4. The molecule has 12 aliphatic carbocycles. The summed E-state index contributed by atoms with van der Waals surface area (Å²) < 4.78 is 56.0. The number of esters is 9. The Hall–Kier alpha value is -4.89. The average molecular weight is 1740 g/mol. The number of aliphatic hydroxyl groups is 2. The lowest BCUT2D eigenvalue weighted by molar-refractivity contribution is -0.226. The minimum Gasteiger partial charge on any atom is -0.469 e. The second-order valence-electron chi connectivity index (χ2n) is 40.7. The minimum atomic E-state index is -0.593. The molecule has 12 bridgehead atoms. The van der Waals surface area contributed by atoms with Crippen LogP contribution in [-0.4, -0.2) is 141 Å². The zero-order valence-electron chi connectivity index (χ0n) is 71.4. The van der Waals surface area contributed by atoms with Gasteiger partial charge in [-0.25, -0.2) is 0 Å². The summed E-state index contributed by atoms with van der Waals surface area (Å²) in [6.07, 6.45) is 28.4. The van der Waals surface area contributed by atoms with Gasteiger partial charge < -0.3 is 57.6 Å². The van der Waals surface area contributed by atoms with Gasteiger partial charge in [0, 0.05) is 24.7 Å². The molecule has 0 amide bonds. The molecule has 16 fully saturated rings. The maximum atomic E-state index is 12.4. The second-order valence-corrected chi connectivity index (χ2v) is 40.7. The summed E-state index contributed by atoms with van der Waals surface area (Å²) in [6, 6.07) is 0. The molecule has 16 rings (SSSR count). The Morgan fingerprint density at radius 3 is 1.01 bits per heavy atom. The van der Waals surface area contributed by atoms with Crippen molar-refractivity contribution in [1.82, 2.24) is 0 Å². The van der Waals surface area contributed by atoms with Crippen LogP contribution in [0.15, 0.2) is 0 Å². The van der Waals surface area contributed by atoms with Gasteiger partial charge in [-0.05, 0) is 287 Å². The number of hydrogen-bond acceptors (Lipinski definition) is 21. The van der Waals surface area contributed by atoms with Crippen LogP contribution >= 0.6 is 0 Å². The van der Waals surface area contributed by atoms with Gasteiger partial charge in [-0.3, -0.25) is 43.2 Å². The van der Waals surface area contributed by atoms with Crippen molar-refractivity contribution in [2.75, 3.05) is 7.11 Å². The number of fused-ring (bicyclic) bond motifs is 2. The van der Waals surface area contributed by atoms with Crippen molar-refractivity contribution in [2.24, 2.45) is 85.8 Å². The van der Waals surface area contributed by atoms with Crippen LogP contribution in [0.5, 0.6) is 0 Å². The average Bonchev–Trinajstić information content (AvgIpc) is 1.48. The first-order valence-electron chi connectivity index (χ1n) is 43.1. The summed E-state index contributed by atoms with van der Waals surface area (Å²) in [4.78, 5) is 109. The summed E-state index contributed by atoms with van der Waals surface area (Å²) in [7, 11) is 1.31. The minimum absolute atomic E-state index is 0. The van der Waals surface area contributed by atoms with Crippen molar-refractivity contribution in [1.29, 1.82) is 0 Å². The van der Waals surface area contributed by atoms with Crippen molar-refractivity contribution in [3.63, 3.8) is 0 Å². The molecule has 0 spiro atoms. The van der Waals surface area contributed by atoms with Crippen molar-refractivity contribution < 1.29 is 101 Å². The van der Waals surface area contributed by atoms with Crippen LogP contribution in [0.1, 0.15) is 433 Å². The zero-order chi connectivity index (χ0) is 81.6. The maximum Gasteiger partial charge on any atom is 0.312 e. The molecule has 4 aliphatic heterocycles. The van der Waals surface area contributed by atoms with Gasteiger partial charge in [0.15, 0.2) is 12.2 Å². The van der Waals surface area contributed by atoms with E-state index in [9.17, 15) is 53.4 Å². The highest BCUT2D eigenvalue weighted by Crippen LogP contribution is 2.62. The van der Waals surface area contributed by atoms with Crippen molar-refractivity contribution in [3.8, 4) is 0 Å². The smallest absolute Gasteiger partial charge is 0.312 e. The molecule has 15 atom stereocenters. The number of carbonyl (C=O) groups is 9. The van der Waals surface area contributed by atoms with E-state index in [0.717, 1.165) is 128 Å². The lowest BCUT2D eigenvalue weighted by Crippen LogP contribution is -2.61. The van der Waals surface area contributed by atoms with Crippen LogP contribution in [-0.2, 0) is 90.5 Å². The van der Waals surface area contributed by atoms with Crippen LogP contribution in [0.4, 0.5) is 0 Å². The van der Waals surface area contributed by atoms with Crippen LogP contribution in [0.2, 0.25) is 0 Å². The number of carbonyl (C=O) groups excluding carboxylic acids is 9. The molecule has 2 N–H and O–H groups in total. The summed E-state index contributed by atoms with van der Waals surface area (Å²) >= 11 is 0. The van der Waals surface area contributed by atoms with Crippen molar-refractivity contribution in [3.05, 3.63) is 0 Å². The van der Waals surface area contributed by atoms with E-state index < -0.39 is 75.1 Å². The molecule has 12 saturated carbocycles. The van der Waals surface area contributed by atoms with Crippen LogP contribution in [0, 0.1) is 85.8 Å². The van der Waals surface area contributed by atoms with E-state index in [1.807, 2.05) is 125 Å². The molecule has 0 aromatic heterocycles. The summed E-state index contributed by atoms with van der Waals surface area (Å²) in [5, 5.41) is 21.3. The Kier molecular flexibility index (Phi) is 47.4. The highest BCUT2D eigenvalue weighted by Gasteiger charge is 2.71. The van der Waals surface area contributed by atoms with Crippen molar-refractivity contribution in [2.45, 2.75) is 503 Å². The largest absolute Gasteiger partial charge is 0.469 e. The summed E-state index contributed by atoms with van der Waals surface area (Å²) in [6.45, 7) is 39.4. The van der Waals surface area contributed by atoms with Gasteiger partial charge >= 0.3 is 53.7 Å². The summed E-state index contributed by atoms with van der Waals surface area (Å²) in [5.41, 5.74) is -4.66. The van der Waals surface area contributed by atoms with Gasteiger partial charge in [-0.1, -0.05) is 157 Å². The van der Waals surface area contributed by atoms with Gasteiger partial charge in [0.1, 0.15) is 40.7 Å². The number of methoxy groups -OCH3 is 1. The third kappa shape index (κ3) is 26.7. The molecular weight excluding hydrogens is 1550 g/mol.